The Balaban J connectivity index is 2.82. The highest BCUT2D eigenvalue weighted by Gasteiger charge is 2.20. The average Bonchev–Trinajstić information content (AvgIpc) is 2.38. The van der Waals surface area contributed by atoms with Crippen LogP contribution in [0, 0.1) is 0 Å². The first kappa shape index (κ1) is 15.0. The van der Waals surface area contributed by atoms with Crippen LogP contribution in [0.3, 0.4) is 0 Å². The van der Waals surface area contributed by atoms with E-state index < -0.39 is 17.9 Å². The van der Waals surface area contributed by atoms with Crippen molar-refractivity contribution in [2.24, 2.45) is 0 Å². The highest BCUT2D eigenvalue weighted by atomic mass is 16.5. The molecule has 6 nitrogen and oxygen atoms in total. The molecule has 0 saturated heterocycles. The van der Waals surface area contributed by atoms with E-state index >= 15 is 0 Å². The molecule has 6 heteroatoms. The van der Waals surface area contributed by atoms with Crippen LogP contribution in [-0.4, -0.2) is 50.8 Å². The summed E-state index contributed by atoms with van der Waals surface area (Å²) in [6.07, 6.45) is 0. The lowest BCUT2D eigenvalue weighted by molar-refractivity contribution is -0.140. The number of hydrogen-bond acceptors (Lipinski definition) is 4. The molecule has 1 aromatic carbocycles. The van der Waals surface area contributed by atoms with Crippen LogP contribution in [0.5, 0.6) is 0 Å². The van der Waals surface area contributed by atoms with Gasteiger partial charge in [0.1, 0.15) is 0 Å². The van der Waals surface area contributed by atoms with Crippen molar-refractivity contribution in [2.75, 3.05) is 32.7 Å². The van der Waals surface area contributed by atoms with Crippen molar-refractivity contribution in [3.05, 3.63) is 29.8 Å². The lowest BCUT2D eigenvalue weighted by Gasteiger charge is -2.16. The summed E-state index contributed by atoms with van der Waals surface area (Å²) in [5.41, 5.74) is 1.28. The zero-order valence-electron chi connectivity index (χ0n) is 11.2. The molecule has 0 spiro atoms. The summed E-state index contributed by atoms with van der Waals surface area (Å²) < 4.78 is 4.76. The molecule has 0 aromatic heterocycles. The molecule has 0 heterocycles. The number of benzene rings is 1. The molecule has 0 radical (unpaired) electrons. The van der Waals surface area contributed by atoms with Gasteiger partial charge in [-0.2, -0.15) is 0 Å². The molecule has 1 aromatic rings. The van der Waals surface area contributed by atoms with E-state index in [1.54, 1.807) is 18.2 Å². The Morgan fingerprint density at radius 3 is 2.63 bits per heavy atom. The third-order valence-corrected chi connectivity index (χ3v) is 2.56. The first-order chi connectivity index (χ1) is 8.95. The Kier molecular flexibility index (Phi) is 5.32. The molecular formula is C13H18N2O4. The molecule has 0 fully saturated rings. The van der Waals surface area contributed by atoms with Crippen LogP contribution in [0.4, 0.5) is 5.69 Å². The summed E-state index contributed by atoms with van der Waals surface area (Å²) in [6.45, 7) is -0.0750. The molecule has 0 bridgehead atoms. The minimum Gasteiger partial charge on any atom is -0.480 e. The summed E-state index contributed by atoms with van der Waals surface area (Å²) in [7, 11) is 5.11. The fourth-order valence-corrected chi connectivity index (χ4v) is 1.51. The van der Waals surface area contributed by atoms with Gasteiger partial charge in [0.05, 0.1) is 6.61 Å². The number of carboxylic acid groups (broad SMARTS) is 1. The Hall–Kier alpha value is -2.08. The molecule has 1 rings (SSSR count). The van der Waals surface area contributed by atoms with Gasteiger partial charge >= 0.3 is 5.97 Å². The standard InChI is InChI=1S/C13H18N2O4/c1-15(2)10-6-4-5-9(7-10)12(16)14-11(8-19-3)13(17)18/h4-7,11H,8H2,1-3H3,(H,14,16)(H,17,18). The zero-order valence-corrected chi connectivity index (χ0v) is 11.2. The van der Waals surface area contributed by atoms with E-state index in [-0.39, 0.29) is 6.61 Å². The second-order valence-electron chi connectivity index (χ2n) is 4.26. The number of hydrogen-bond donors (Lipinski definition) is 2. The summed E-state index contributed by atoms with van der Waals surface area (Å²) >= 11 is 0. The van der Waals surface area contributed by atoms with Crippen molar-refractivity contribution in [1.82, 2.24) is 5.32 Å². The highest BCUT2D eigenvalue weighted by Crippen LogP contribution is 2.13. The molecule has 0 aliphatic rings. The smallest absolute Gasteiger partial charge is 0.328 e. The van der Waals surface area contributed by atoms with Crippen LogP contribution in [0.2, 0.25) is 0 Å². The number of amides is 1. The number of ether oxygens (including phenoxy) is 1. The summed E-state index contributed by atoms with van der Waals surface area (Å²) in [4.78, 5) is 24.8. The van der Waals surface area contributed by atoms with Crippen LogP contribution < -0.4 is 10.2 Å². The summed E-state index contributed by atoms with van der Waals surface area (Å²) in [5.74, 6) is -1.56. The van der Waals surface area contributed by atoms with Gasteiger partial charge in [0.2, 0.25) is 0 Å². The van der Waals surface area contributed by atoms with Gasteiger partial charge in [-0.05, 0) is 18.2 Å². The number of aliphatic carboxylic acids is 1. The van der Waals surface area contributed by atoms with Crippen molar-refractivity contribution < 1.29 is 19.4 Å². The van der Waals surface area contributed by atoms with Crippen LogP contribution in [-0.2, 0) is 9.53 Å². The predicted octanol–water partition coefficient (Wildman–Crippen LogP) is 0.582. The molecule has 2 N–H and O–H groups in total. The molecule has 0 saturated carbocycles. The van der Waals surface area contributed by atoms with E-state index in [1.807, 2.05) is 25.1 Å². The van der Waals surface area contributed by atoms with Gasteiger partial charge in [0.15, 0.2) is 6.04 Å². The third-order valence-electron chi connectivity index (χ3n) is 2.56. The molecule has 104 valence electrons. The maximum absolute atomic E-state index is 12.0. The number of methoxy groups -OCH3 is 1. The largest absolute Gasteiger partial charge is 0.480 e. The molecule has 19 heavy (non-hydrogen) atoms. The number of nitrogens with zero attached hydrogens (tertiary/aromatic N) is 1. The minimum atomic E-state index is -1.13. The number of nitrogens with one attached hydrogen (secondary N) is 1. The average molecular weight is 266 g/mol. The summed E-state index contributed by atoms with van der Waals surface area (Å²) in [5, 5.41) is 11.4. The number of carbonyl (C=O) groups excluding carboxylic acids is 1. The molecule has 1 unspecified atom stereocenters. The predicted molar refractivity (Wildman–Crippen MR) is 71.5 cm³/mol. The molecular weight excluding hydrogens is 248 g/mol. The van der Waals surface area contributed by atoms with Gasteiger partial charge in [0.25, 0.3) is 5.91 Å². The number of carbonyl (C=O) groups is 2. The summed E-state index contributed by atoms with van der Waals surface area (Å²) in [6, 6.07) is 5.88. The molecule has 0 aliphatic carbocycles. The Bertz CT molecular complexity index is 460. The van der Waals surface area contributed by atoms with E-state index in [2.05, 4.69) is 5.32 Å². The van der Waals surface area contributed by atoms with Gasteiger partial charge in [-0.1, -0.05) is 6.07 Å². The van der Waals surface area contributed by atoms with Crippen molar-refractivity contribution >= 4 is 17.6 Å². The lowest BCUT2D eigenvalue weighted by atomic mass is 10.1. The Morgan fingerprint density at radius 2 is 2.11 bits per heavy atom. The number of anilines is 1. The number of rotatable bonds is 6. The maximum atomic E-state index is 12.0. The Labute approximate surface area is 112 Å². The fraction of sp³-hybridized carbons (Fsp3) is 0.385. The van der Waals surface area contributed by atoms with Crippen molar-refractivity contribution in [3.63, 3.8) is 0 Å². The number of carboxylic acids is 1. The first-order valence-corrected chi connectivity index (χ1v) is 5.75. The van der Waals surface area contributed by atoms with Crippen molar-refractivity contribution in [3.8, 4) is 0 Å². The lowest BCUT2D eigenvalue weighted by Crippen LogP contribution is -2.43. The van der Waals surface area contributed by atoms with E-state index in [9.17, 15) is 9.59 Å². The normalized spacial score (nSPS) is 11.7. The van der Waals surface area contributed by atoms with E-state index in [1.165, 1.54) is 7.11 Å². The fourth-order valence-electron chi connectivity index (χ4n) is 1.51. The maximum Gasteiger partial charge on any atom is 0.328 e. The van der Waals surface area contributed by atoms with Gasteiger partial charge in [0, 0.05) is 32.5 Å². The van der Waals surface area contributed by atoms with Gasteiger partial charge < -0.3 is 20.1 Å². The van der Waals surface area contributed by atoms with Gasteiger partial charge in [-0.15, -0.1) is 0 Å². The topological polar surface area (TPSA) is 78.9 Å². The second kappa shape index (κ2) is 6.75. The quantitative estimate of drug-likeness (QED) is 0.787. The highest BCUT2D eigenvalue weighted by molar-refractivity contribution is 5.97. The second-order valence-corrected chi connectivity index (χ2v) is 4.26. The van der Waals surface area contributed by atoms with Crippen molar-refractivity contribution in [2.45, 2.75) is 6.04 Å². The molecule has 0 aliphatic heterocycles. The zero-order chi connectivity index (χ0) is 14.4. The van der Waals surface area contributed by atoms with Gasteiger partial charge in [-0.25, -0.2) is 4.79 Å². The SMILES string of the molecule is COCC(NC(=O)c1cccc(N(C)C)c1)C(=O)O. The Morgan fingerprint density at radius 1 is 1.42 bits per heavy atom. The first-order valence-electron chi connectivity index (χ1n) is 5.75. The van der Waals surface area contributed by atoms with E-state index in [0.717, 1.165) is 5.69 Å². The van der Waals surface area contributed by atoms with Crippen LogP contribution in [0.25, 0.3) is 0 Å². The molecule has 1 atom stereocenters. The van der Waals surface area contributed by atoms with E-state index in [0.29, 0.717) is 5.56 Å². The van der Waals surface area contributed by atoms with Crippen LogP contribution in [0.15, 0.2) is 24.3 Å². The molecule has 1 amide bonds. The minimum absolute atomic E-state index is 0.0750. The van der Waals surface area contributed by atoms with Crippen LogP contribution >= 0.6 is 0 Å². The third kappa shape index (κ3) is 4.26. The van der Waals surface area contributed by atoms with Gasteiger partial charge in [-0.3, -0.25) is 4.79 Å². The van der Waals surface area contributed by atoms with Crippen LogP contribution in [0.1, 0.15) is 10.4 Å². The monoisotopic (exact) mass is 266 g/mol. The van der Waals surface area contributed by atoms with Crippen molar-refractivity contribution in [1.29, 1.82) is 0 Å². The van der Waals surface area contributed by atoms with E-state index in [4.69, 9.17) is 9.84 Å².